The number of aryl methyl sites for hydroxylation is 3. The zero-order valence-corrected chi connectivity index (χ0v) is 19.4. The number of rotatable bonds is 4. The van der Waals surface area contributed by atoms with Gasteiger partial charge in [-0.2, -0.15) is 4.31 Å². The third-order valence-electron chi connectivity index (χ3n) is 6.61. The Morgan fingerprint density at radius 2 is 1.71 bits per heavy atom. The van der Waals surface area contributed by atoms with Gasteiger partial charge in [0.1, 0.15) is 0 Å². The molecule has 0 radical (unpaired) electrons. The lowest BCUT2D eigenvalue weighted by Gasteiger charge is -2.35. The van der Waals surface area contributed by atoms with Crippen molar-refractivity contribution in [3.8, 4) is 0 Å². The molecule has 31 heavy (non-hydrogen) atoms. The second-order valence-corrected chi connectivity index (χ2v) is 10.8. The van der Waals surface area contributed by atoms with Gasteiger partial charge in [-0.05, 0) is 69.2 Å². The SMILES string of the molecule is Cc1cc(C)c(S(=O)(=O)N2CCC(C(=O)N3CCC[C@@H]3c3cccnc3)CC2)c(C)c1. The summed E-state index contributed by atoms with van der Waals surface area (Å²) in [5, 5.41) is 0. The molecule has 2 aliphatic rings. The van der Waals surface area contributed by atoms with E-state index in [2.05, 4.69) is 4.98 Å². The van der Waals surface area contributed by atoms with E-state index in [4.69, 9.17) is 0 Å². The average molecular weight is 442 g/mol. The predicted octanol–water partition coefficient (Wildman–Crippen LogP) is 3.77. The predicted molar refractivity (Wildman–Crippen MR) is 120 cm³/mol. The van der Waals surface area contributed by atoms with Gasteiger partial charge in [-0.1, -0.05) is 23.8 Å². The summed E-state index contributed by atoms with van der Waals surface area (Å²) in [5.74, 6) is 0.0371. The van der Waals surface area contributed by atoms with E-state index < -0.39 is 10.0 Å². The number of carbonyl (C=O) groups excluding carboxylic acids is 1. The highest BCUT2D eigenvalue weighted by atomic mass is 32.2. The molecule has 2 saturated heterocycles. The molecule has 4 rings (SSSR count). The number of sulfonamides is 1. The van der Waals surface area contributed by atoms with Crippen LogP contribution in [0.25, 0.3) is 0 Å². The van der Waals surface area contributed by atoms with Crippen LogP contribution in [0.5, 0.6) is 0 Å². The quantitative estimate of drug-likeness (QED) is 0.724. The Hall–Kier alpha value is -2.25. The van der Waals surface area contributed by atoms with Crippen LogP contribution in [0, 0.1) is 26.7 Å². The molecule has 2 fully saturated rings. The van der Waals surface area contributed by atoms with Gasteiger partial charge in [0.15, 0.2) is 0 Å². The number of hydrogen-bond donors (Lipinski definition) is 0. The third-order valence-corrected chi connectivity index (χ3v) is 8.82. The molecule has 0 bridgehead atoms. The fourth-order valence-corrected chi connectivity index (χ4v) is 7.11. The molecule has 0 N–H and O–H groups in total. The van der Waals surface area contributed by atoms with Crippen molar-refractivity contribution >= 4 is 15.9 Å². The molecule has 1 amide bonds. The Kier molecular flexibility index (Phi) is 6.17. The molecule has 3 heterocycles. The Balaban J connectivity index is 1.46. The molecule has 7 heteroatoms. The van der Waals surface area contributed by atoms with Crippen LogP contribution in [0.4, 0.5) is 0 Å². The Morgan fingerprint density at radius 3 is 2.32 bits per heavy atom. The summed E-state index contributed by atoms with van der Waals surface area (Å²) in [6.07, 6.45) is 6.67. The molecule has 166 valence electrons. The maximum absolute atomic E-state index is 13.3. The maximum atomic E-state index is 13.3. The third kappa shape index (κ3) is 4.26. The van der Waals surface area contributed by atoms with Crippen LogP contribution < -0.4 is 0 Å². The zero-order chi connectivity index (χ0) is 22.2. The van der Waals surface area contributed by atoms with E-state index in [1.807, 2.05) is 56.1 Å². The molecule has 0 spiro atoms. The van der Waals surface area contributed by atoms with Crippen LogP contribution in [0.3, 0.4) is 0 Å². The van der Waals surface area contributed by atoms with Gasteiger partial charge in [-0.25, -0.2) is 8.42 Å². The fraction of sp³-hybridized carbons (Fsp3) is 0.500. The first-order valence-electron chi connectivity index (χ1n) is 11.1. The molecule has 0 saturated carbocycles. The maximum Gasteiger partial charge on any atom is 0.243 e. The van der Waals surface area contributed by atoms with E-state index in [-0.39, 0.29) is 17.9 Å². The topological polar surface area (TPSA) is 70.6 Å². The number of piperidine rings is 1. The summed E-state index contributed by atoms with van der Waals surface area (Å²) in [6.45, 7) is 7.22. The smallest absolute Gasteiger partial charge is 0.243 e. The second-order valence-electron chi connectivity index (χ2n) is 8.88. The highest BCUT2D eigenvalue weighted by Gasteiger charge is 2.38. The largest absolute Gasteiger partial charge is 0.335 e. The van der Waals surface area contributed by atoms with Gasteiger partial charge < -0.3 is 4.90 Å². The van der Waals surface area contributed by atoms with E-state index in [9.17, 15) is 13.2 Å². The molecular formula is C24H31N3O3S. The summed E-state index contributed by atoms with van der Waals surface area (Å²) in [6, 6.07) is 7.87. The van der Waals surface area contributed by atoms with E-state index >= 15 is 0 Å². The number of likely N-dealkylation sites (tertiary alicyclic amines) is 1. The monoisotopic (exact) mass is 441 g/mol. The summed E-state index contributed by atoms with van der Waals surface area (Å²) in [7, 11) is -3.56. The van der Waals surface area contributed by atoms with Crippen LogP contribution in [-0.4, -0.2) is 48.1 Å². The summed E-state index contributed by atoms with van der Waals surface area (Å²) in [5.41, 5.74) is 3.71. The van der Waals surface area contributed by atoms with Crippen molar-refractivity contribution in [1.29, 1.82) is 0 Å². The van der Waals surface area contributed by atoms with Gasteiger partial charge in [0.2, 0.25) is 15.9 Å². The number of aromatic nitrogens is 1. The Labute approximate surface area is 185 Å². The van der Waals surface area contributed by atoms with Crippen LogP contribution in [-0.2, 0) is 14.8 Å². The fourth-order valence-electron chi connectivity index (χ4n) is 5.23. The van der Waals surface area contributed by atoms with Crippen LogP contribution in [0.1, 0.15) is 54.0 Å². The van der Waals surface area contributed by atoms with E-state index in [0.717, 1.165) is 41.6 Å². The Morgan fingerprint density at radius 1 is 1.03 bits per heavy atom. The van der Waals surface area contributed by atoms with Gasteiger partial charge in [-0.15, -0.1) is 0 Å². The van der Waals surface area contributed by atoms with Gasteiger partial charge >= 0.3 is 0 Å². The standard InChI is InChI=1S/C24H31N3O3S/c1-17-14-18(2)23(19(3)15-17)31(29,30)26-12-8-20(9-13-26)24(28)27-11-5-7-22(27)21-6-4-10-25-16-21/h4,6,10,14-16,20,22H,5,7-9,11-13H2,1-3H3/t22-/m1/s1. The van der Waals surface area contributed by atoms with Crippen molar-refractivity contribution in [2.75, 3.05) is 19.6 Å². The molecule has 0 unspecified atom stereocenters. The zero-order valence-electron chi connectivity index (χ0n) is 18.5. The number of amides is 1. The molecule has 6 nitrogen and oxygen atoms in total. The lowest BCUT2D eigenvalue weighted by Crippen LogP contribution is -2.44. The first-order valence-corrected chi connectivity index (χ1v) is 12.5. The van der Waals surface area contributed by atoms with Crippen molar-refractivity contribution in [3.05, 3.63) is 58.9 Å². The molecule has 2 aliphatic heterocycles. The van der Waals surface area contributed by atoms with Crippen molar-refractivity contribution in [3.63, 3.8) is 0 Å². The van der Waals surface area contributed by atoms with Gasteiger partial charge in [-0.3, -0.25) is 9.78 Å². The van der Waals surface area contributed by atoms with Crippen LogP contribution >= 0.6 is 0 Å². The van der Waals surface area contributed by atoms with E-state index in [1.165, 1.54) is 0 Å². The van der Waals surface area contributed by atoms with Crippen molar-refractivity contribution in [2.45, 2.75) is 57.4 Å². The number of pyridine rings is 1. The summed E-state index contributed by atoms with van der Waals surface area (Å²) >= 11 is 0. The second kappa shape index (κ2) is 8.71. The van der Waals surface area contributed by atoms with Gasteiger partial charge in [0, 0.05) is 37.9 Å². The number of benzene rings is 1. The summed E-state index contributed by atoms with van der Waals surface area (Å²) < 4.78 is 28.2. The molecule has 1 atom stereocenters. The number of carbonyl (C=O) groups is 1. The molecule has 0 aliphatic carbocycles. The minimum absolute atomic E-state index is 0.0841. The van der Waals surface area contributed by atoms with Crippen LogP contribution in [0.15, 0.2) is 41.6 Å². The average Bonchev–Trinajstić information content (AvgIpc) is 3.23. The first-order chi connectivity index (χ1) is 14.8. The summed E-state index contributed by atoms with van der Waals surface area (Å²) in [4.78, 5) is 19.9. The Bertz CT molecular complexity index is 1040. The van der Waals surface area contributed by atoms with Crippen molar-refractivity contribution in [2.24, 2.45) is 5.92 Å². The molecule has 1 aromatic carbocycles. The highest BCUT2D eigenvalue weighted by Crippen LogP contribution is 2.35. The normalized spacial score (nSPS) is 20.9. The van der Waals surface area contributed by atoms with Gasteiger partial charge in [0.05, 0.1) is 10.9 Å². The van der Waals surface area contributed by atoms with Gasteiger partial charge in [0.25, 0.3) is 0 Å². The van der Waals surface area contributed by atoms with Crippen molar-refractivity contribution < 1.29 is 13.2 Å². The van der Waals surface area contributed by atoms with E-state index in [1.54, 1.807) is 10.5 Å². The minimum Gasteiger partial charge on any atom is -0.335 e. The lowest BCUT2D eigenvalue weighted by molar-refractivity contribution is -0.137. The molecule has 1 aromatic heterocycles. The molecule has 2 aromatic rings. The molecular weight excluding hydrogens is 410 g/mol. The van der Waals surface area contributed by atoms with Crippen molar-refractivity contribution in [1.82, 2.24) is 14.2 Å². The van der Waals surface area contributed by atoms with E-state index in [0.29, 0.717) is 30.8 Å². The number of nitrogens with zero attached hydrogens (tertiary/aromatic N) is 3. The lowest BCUT2D eigenvalue weighted by atomic mass is 9.95. The minimum atomic E-state index is -3.56. The first kappa shape index (κ1) is 22.0. The highest BCUT2D eigenvalue weighted by molar-refractivity contribution is 7.89. The van der Waals surface area contributed by atoms with Crippen LogP contribution in [0.2, 0.25) is 0 Å². The number of hydrogen-bond acceptors (Lipinski definition) is 4.